The monoisotopic (exact) mass is 256 g/mol. The van der Waals surface area contributed by atoms with Gasteiger partial charge in [-0.05, 0) is 20.8 Å². The standard InChI is InChI=1S/C11H16N2O5/c1-11(2,3)18-10(15)12-7-5-6-17-8(7)9(14)13-16-4/h5-6H,1-4H3,(H,12,15)(H,13,14). The Morgan fingerprint density at radius 2 is 2.00 bits per heavy atom. The van der Waals surface area contributed by atoms with Crippen molar-refractivity contribution in [1.82, 2.24) is 5.48 Å². The van der Waals surface area contributed by atoms with Gasteiger partial charge in [0.2, 0.25) is 5.76 Å². The summed E-state index contributed by atoms with van der Waals surface area (Å²) in [4.78, 5) is 27.5. The lowest BCUT2D eigenvalue weighted by Crippen LogP contribution is -2.28. The minimum Gasteiger partial charge on any atom is -0.457 e. The lowest BCUT2D eigenvalue weighted by molar-refractivity contribution is 0.0511. The van der Waals surface area contributed by atoms with Crippen molar-refractivity contribution < 1.29 is 23.6 Å². The summed E-state index contributed by atoms with van der Waals surface area (Å²) < 4.78 is 10.00. The van der Waals surface area contributed by atoms with Crippen LogP contribution in [0, 0.1) is 0 Å². The quantitative estimate of drug-likeness (QED) is 0.806. The minimum atomic E-state index is -0.671. The van der Waals surface area contributed by atoms with Crippen LogP contribution in [0.15, 0.2) is 16.7 Å². The highest BCUT2D eigenvalue weighted by molar-refractivity contribution is 5.99. The Morgan fingerprint density at radius 1 is 1.33 bits per heavy atom. The molecule has 0 atom stereocenters. The Labute approximate surface area is 104 Å². The molecule has 2 amide bonds. The zero-order chi connectivity index (χ0) is 13.8. The number of carbonyl (C=O) groups is 2. The molecule has 0 fully saturated rings. The second-order valence-electron chi connectivity index (χ2n) is 4.43. The molecule has 0 aromatic carbocycles. The van der Waals surface area contributed by atoms with Crippen molar-refractivity contribution >= 4 is 17.7 Å². The minimum absolute atomic E-state index is 0.0669. The first-order valence-corrected chi connectivity index (χ1v) is 5.24. The summed E-state index contributed by atoms with van der Waals surface area (Å²) in [7, 11) is 1.29. The van der Waals surface area contributed by atoms with Gasteiger partial charge in [-0.3, -0.25) is 14.9 Å². The van der Waals surface area contributed by atoms with E-state index in [0.717, 1.165) is 0 Å². The summed E-state index contributed by atoms with van der Waals surface area (Å²) >= 11 is 0. The van der Waals surface area contributed by atoms with Crippen molar-refractivity contribution in [2.75, 3.05) is 12.4 Å². The van der Waals surface area contributed by atoms with Crippen LogP contribution in [0.25, 0.3) is 0 Å². The van der Waals surface area contributed by atoms with Crippen LogP contribution in [-0.2, 0) is 9.57 Å². The number of anilines is 1. The zero-order valence-corrected chi connectivity index (χ0v) is 10.7. The van der Waals surface area contributed by atoms with Gasteiger partial charge < -0.3 is 9.15 Å². The van der Waals surface area contributed by atoms with Crippen LogP contribution < -0.4 is 10.8 Å². The molecule has 0 aliphatic heterocycles. The number of rotatable bonds is 3. The molecule has 0 saturated carbocycles. The number of ether oxygens (including phenoxy) is 1. The van der Waals surface area contributed by atoms with Crippen molar-refractivity contribution in [3.05, 3.63) is 18.1 Å². The van der Waals surface area contributed by atoms with Crippen LogP contribution in [0.3, 0.4) is 0 Å². The SMILES string of the molecule is CONC(=O)c1occc1NC(=O)OC(C)(C)C. The van der Waals surface area contributed by atoms with Gasteiger partial charge >= 0.3 is 12.0 Å². The van der Waals surface area contributed by atoms with Gasteiger partial charge in [0.15, 0.2) is 0 Å². The van der Waals surface area contributed by atoms with Gasteiger partial charge in [-0.25, -0.2) is 10.3 Å². The third-order valence-corrected chi connectivity index (χ3v) is 1.70. The summed E-state index contributed by atoms with van der Waals surface area (Å²) in [6, 6.07) is 1.44. The Balaban J connectivity index is 2.71. The number of furan rings is 1. The van der Waals surface area contributed by atoms with Crippen LogP contribution in [-0.4, -0.2) is 24.7 Å². The summed E-state index contributed by atoms with van der Waals surface area (Å²) in [5, 5.41) is 2.42. The maximum absolute atomic E-state index is 11.5. The van der Waals surface area contributed by atoms with E-state index in [2.05, 4.69) is 15.6 Å². The summed E-state index contributed by atoms with van der Waals surface area (Å²) in [5.41, 5.74) is 1.67. The van der Waals surface area contributed by atoms with E-state index in [-0.39, 0.29) is 11.4 Å². The first-order chi connectivity index (χ1) is 8.33. The van der Waals surface area contributed by atoms with Gasteiger partial charge in [0.25, 0.3) is 0 Å². The summed E-state index contributed by atoms with van der Waals surface area (Å²) in [6.07, 6.45) is 0.604. The third kappa shape index (κ3) is 4.10. The smallest absolute Gasteiger partial charge is 0.412 e. The topological polar surface area (TPSA) is 89.8 Å². The first kappa shape index (κ1) is 14.0. The van der Waals surface area contributed by atoms with E-state index >= 15 is 0 Å². The maximum Gasteiger partial charge on any atom is 0.412 e. The molecule has 0 radical (unpaired) electrons. The molecular formula is C11H16N2O5. The number of hydrogen-bond donors (Lipinski definition) is 2. The van der Waals surface area contributed by atoms with Crippen molar-refractivity contribution in [3.63, 3.8) is 0 Å². The van der Waals surface area contributed by atoms with E-state index in [9.17, 15) is 9.59 Å². The Hall–Kier alpha value is -2.02. The average molecular weight is 256 g/mol. The lowest BCUT2D eigenvalue weighted by Gasteiger charge is -2.19. The highest BCUT2D eigenvalue weighted by Crippen LogP contribution is 2.18. The predicted octanol–water partition coefficient (Wildman–Crippen LogP) is 1.92. The predicted molar refractivity (Wildman–Crippen MR) is 63.0 cm³/mol. The van der Waals surface area contributed by atoms with Gasteiger partial charge in [-0.2, -0.15) is 0 Å². The maximum atomic E-state index is 11.5. The molecule has 7 heteroatoms. The molecule has 0 unspecified atom stereocenters. The molecule has 0 saturated heterocycles. The summed E-state index contributed by atoms with van der Waals surface area (Å²) in [6.45, 7) is 5.21. The van der Waals surface area contributed by atoms with Crippen molar-refractivity contribution in [3.8, 4) is 0 Å². The van der Waals surface area contributed by atoms with Gasteiger partial charge in [-0.1, -0.05) is 0 Å². The lowest BCUT2D eigenvalue weighted by atomic mass is 10.2. The molecule has 0 spiro atoms. The molecule has 100 valence electrons. The molecule has 1 aromatic heterocycles. The van der Waals surface area contributed by atoms with Crippen LogP contribution in [0.4, 0.5) is 10.5 Å². The number of nitrogens with one attached hydrogen (secondary N) is 2. The van der Waals surface area contributed by atoms with Crippen molar-refractivity contribution in [2.45, 2.75) is 26.4 Å². The fraction of sp³-hybridized carbons (Fsp3) is 0.455. The molecule has 18 heavy (non-hydrogen) atoms. The van der Waals surface area contributed by atoms with Crippen molar-refractivity contribution in [1.29, 1.82) is 0 Å². The van der Waals surface area contributed by atoms with E-state index in [1.165, 1.54) is 19.4 Å². The van der Waals surface area contributed by atoms with Gasteiger partial charge in [-0.15, -0.1) is 0 Å². The molecule has 7 nitrogen and oxygen atoms in total. The van der Waals surface area contributed by atoms with E-state index in [1.807, 2.05) is 0 Å². The molecule has 0 aliphatic rings. The highest BCUT2D eigenvalue weighted by atomic mass is 16.6. The normalized spacial score (nSPS) is 10.9. The van der Waals surface area contributed by atoms with Crippen LogP contribution in [0.5, 0.6) is 0 Å². The van der Waals surface area contributed by atoms with Gasteiger partial charge in [0.05, 0.1) is 19.1 Å². The van der Waals surface area contributed by atoms with Gasteiger partial charge in [0.1, 0.15) is 5.60 Å². The Bertz CT molecular complexity index is 433. The number of amides is 2. The number of hydrogen-bond acceptors (Lipinski definition) is 5. The van der Waals surface area contributed by atoms with Crippen LogP contribution >= 0.6 is 0 Å². The largest absolute Gasteiger partial charge is 0.457 e. The second-order valence-corrected chi connectivity index (χ2v) is 4.43. The molecule has 2 N–H and O–H groups in total. The van der Waals surface area contributed by atoms with E-state index in [4.69, 9.17) is 9.15 Å². The average Bonchev–Trinajstić information content (AvgIpc) is 2.62. The van der Waals surface area contributed by atoms with E-state index in [0.29, 0.717) is 0 Å². The summed E-state index contributed by atoms with van der Waals surface area (Å²) in [5.74, 6) is -0.670. The molecule has 0 aliphatic carbocycles. The molecule has 1 heterocycles. The van der Waals surface area contributed by atoms with Crippen LogP contribution in [0.1, 0.15) is 31.3 Å². The third-order valence-electron chi connectivity index (χ3n) is 1.70. The van der Waals surface area contributed by atoms with Crippen molar-refractivity contribution in [2.24, 2.45) is 0 Å². The second kappa shape index (κ2) is 5.54. The number of carbonyl (C=O) groups excluding carboxylic acids is 2. The first-order valence-electron chi connectivity index (χ1n) is 5.24. The molecular weight excluding hydrogens is 240 g/mol. The highest BCUT2D eigenvalue weighted by Gasteiger charge is 2.20. The fourth-order valence-electron chi connectivity index (χ4n) is 1.14. The molecule has 1 aromatic rings. The van der Waals surface area contributed by atoms with Gasteiger partial charge in [0, 0.05) is 6.07 Å². The number of hydroxylamine groups is 1. The van der Waals surface area contributed by atoms with E-state index in [1.54, 1.807) is 20.8 Å². The van der Waals surface area contributed by atoms with Crippen LogP contribution in [0.2, 0.25) is 0 Å². The molecule has 0 bridgehead atoms. The molecule has 1 rings (SSSR count). The Kier molecular flexibility index (Phi) is 4.33. The zero-order valence-electron chi connectivity index (χ0n) is 10.7. The Morgan fingerprint density at radius 3 is 2.56 bits per heavy atom. The fourth-order valence-corrected chi connectivity index (χ4v) is 1.14. The van der Waals surface area contributed by atoms with E-state index < -0.39 is 17.6 Å².